The lowest BCUT2D eigenvalue weighted by Gasteiger charge is -2.16. The van der Waals surface area contributed by atoms with Gasteiger partial charge in [0.2, 0.25) is 0 Å². The van der Waals surface area contributed by atoms with Crippen LogP contribution in [-0.4, -0.2) is 24.0 Å². The quantitative estimate of drug-likeness (QED) is 0.831. The van der Waals surface area contributed by atoms with Crippen LogP contribution >= 0.6 is 0 Å². The summed E-state index contributed by atoms with van der Waals surface area (Å²) in [7, 11) is 1.51. The number of ketones is 1. The van der Waals surface area contributed by atoms with Gasteiger partial charge >= 0.3 is 5.97 Å². The van der Waals surface area contributed by atoms with Crippen LogP contribution in [0.25, 0.3) is 0 Å². The van der Waals surface area contributed by atoms with Crippen molar-refractivity contribution in [1.82, 2.24) is 0 Å². The normalized spacial score (nSPS) is 22.7. The van der Waals surface area contributed by atoms with Gasteiger partial charge in [-0.2, -0.15) is 0 Å². The summed E-state index contributed by atoms with van der Waals surface area (Å²) in [4.78, 5) is 23.5. The summed E-state index contributed by atoms with van der Waals surface area (Å²) in [5.41, 5.74) is 0.484. The van der Waals surface area contributed by atoms with Crippen LogP contribution in [0, 0.1) is 11.8 Å². The van der Waals surface area contributed by atoms with E-state index in [2.05, 4.69) is 0 Å². The first-order valence-electron chi connectivity index (χ1n) is 6.05. The number of para-hydroxylation sites is 1. The second-order valence-electron chi connectivity index (χ2n) is 4.55. The number of methoxy groups -OCH3 is 1. The first-order valence-corrected chi connectivity index (χ1v) is 6.05. The number of hydrogen-bond donors (Lipinski definition) is 1. The van der Waals surface area contributed by atoms with Gasteiger partial charge in [0.1, 0.15) is 5.75 Å². The number of benzene rings is 1. The number of carbonyl (C=O) groups is 2. The molecule has 0 bridgehead atoms. The topological polar surface area (TPSA) is 63.6 Å². The molecule has 0 aliphatic heterocycles. The number of hydrogen-bond acceptors (Lipinski definition) is 3. The Bertz CT molecular complexity index is 467. The maximum absolute atomic E-state index is 12.4. The molecule has 0 heterocycles. The van der Waals surface area contributed by atoms with Gasteiger partial charge in [0.25, 0.3) is 0 Å². The standard InChI is InChI=1S/C14H16O4/c1-18-12-8-3-2-5-11(12)13(15)9-6-4-7-10(9)14(16)17/h2-3,5,8-10H,4,6-7H2,1H3,(H,16,17)/t9-,10+/m0/s1. The predicted octanol–water partition coefficient (Wildman–Crippen LogP) is 2.38. The molecule has 1 aromatic rings. The molecule has 0 unspecified atom stereocenters. The Morgan fingerprint density at radius 2 is 1.89 bits per heavy atom. The van der Waals surface area contributed by atoms with Crippen molar-refractivity contribution < 1.29 is 19.4 Å². The second kappa shape index (κ2) is 5.21. The second-order valence-corrected chi connectivity index (χ2v) is 4.55. The first-order chi connectivity index (χ1) is 8.65. The highest BCUT2D eigenvalue weighted by atomic mass is 16.5. The van der Waals surface area contributed by atoms with E-state index in [9.17, 15) is 9.59 Å². The van der Waals surface area contributed by atoms with E-state index >= 15 is 0 Å². The van der Waals surface area contributed by atoms with Gasteiger partial charge in [0, 0.05) is 5.92 Å². The van der Waals surface area contributed by atoms with Gasteiger partial charge in [-0.15, -0.1) is 0 Å². The Labute approximate surface area is 106 Å². The first kappa shape index (κ1) is 12.6. The minimum absolute atomic E-state index is 0.114. The van der Waals surface area contributed by atoms with Crippen LogP contribution in [0.5, 0.6) is 5.75 Å². The molecule has 4 nitrogen and oxygen atoms in total. The van der Waals surface area contributed by atoms with E-state index in [1.165, 1.54) is 7.11 Å². The van der Waals surface area contributed by atoms with Crippen molar-refractivity contribution in [2.45, 2.75) is 19.3 Å². The summed E-state index contributed by atoms with van der Waals surface area (Å²) in [5.74, 6) is -1.45. The third kappa shape index (κ3) is 2.23. The van der Waals surface area contributed by atoms with Crippen molar-refractivity contribution in [2.75, 3.05) is 7.11 Å². The Morgan fingerprint density at radius 1 is 1.22 bits per heavy atom. The molecular weight excluding hydrogens is 232 g/mol. The summed E-state index contributed by atoms with van der Waals surface area (Å²) in [6, 6.07) is 6.97. The van der Waals surface area contributed by atoms with E-state index in [4.69, 9.17) is 9.84 Å². The molecule has 1 aliphatic rings. The predicted molar refractivity (Wildman–Crippen MR) is 65.8 cm³/mol. The van der Waals surface area contributed by atoms with Crippen molar-refractivity contribution >= 4 is 11.8 Å². The Balaban J connectivity index is 2.28. The number of rotatable bonds is 4. The highest BCUT2D eigenvalue weighted by Crippen LogP contribution is 2.36. The third-order valence-corrected chi connectivity index (χ3v) is 3.54. The van der Waals surface area contributed by atoms with Gasteiger partial charge < -0.3 is 9.84 Å². The molecule has 1 aromatic carbocycles. The van der Waals surface area contributed by atoms with E-state index < -0.39 is 17.8 Å². The number of carboxylic acids is 1. The van der Waals surface area contributed by atoms with E-state index in [-0.39, 0.29) is 5.78 Å². The van der Waals surface area contributed by atoms with Gasteiger partial charge in [-0.3, -0.25) is 9.59 Å². The van der Waals surface area contributed by atoms with Crippen LogP contribution in [0.15, 0.2) is 24.3 Å². The molecule has 1 saturated carbocycles. The molecular formula is C14H16O4. The van der Waals surface area contributed by atoms with E-state index in [0.29, 0.717) is 24.2 Å². The number of ether oxygens (including phenoxy) is 1. The monoisotopic (exact) mass is 248 g/mol. The average molecular weight is 248 g/mol. The lowest BCUT2D eigenvalue weighted by molar-refractivity contribution is -0.142. The lowest BCUT2D eigenvalue weighted by Crippen LogP contribution is -2.25. The van der Waals surface area contributed by atoms with Crippen LogP contribution in [0.4, 0.5) is 0 Å². The largest absolute Gasteiger partial charge is 0.496 e. The van der Waals surface area contributed by atoms with Gasteiger partial charge in [-0.05, 0) is 25.0 Å². The molecule has 0 saturated heterocycles. The highest BCUT2D eigenvalue weighted by molar-refractivity contribution is 6.02. The third-order valence-electron chi connectivity index (χ3n) is 3.54. The number of Topliss-reactive ketones (excluding diaryl/α,β-unsaturated/α-hetero) is 1. The molecule has 0 aromatic heterocycles. The van der Waals surface area contributed by atoms with Gasteiger partial charge in [-0.25, -0.2) is 0 Å². The summed E-state index contributed by atoms with van der Waals surface area (Å²) >= 11 is 0. The molecule has 1 fully saturated rings. The van der Waals surface area contributed by atoms with Crippen molar-refractivity contribution in [3.05, 3.63) is 29.8 Å². The van der Waals surface area contributed by atoms with Gasteiger partial charge in [0.15, 0.2) is 5.78 Å². The van der Waals surface area contributed by atoms with Crippen molar-refractivity contribution in [2.24, 2.45) is 11.8 Å². The van der Waals surface area contributed by atoms with Crippen LogP contribution < -0.4 is 4.74 Å². The molecule has 96 valence electrons. The maximum atomic E-state index is 12.4. The minimum Gasteiger partial charge on any atom is -0.496 e. The highest BCUT2D eigenvalue weighted by Gasteiger charge is 2.38. The van der Waals surface area contributed by atoms with Gasteiger partial charge in [0.05, 0.1) is 18.6 Å². The zero-order chi connectivity index (χ0) is 13.1. The lowest BCUT2D eigenvalue weighted by atomic mass is 9.88. The van der Waals surface area contributed by atoms with Crippen molar-refractivity contribution in [3.8, 4) is 5.75 Å². The van der Waals surface area contributed by atoms with Crippen LogP contribution in [0.3, 0.4) is 0 Å². The molecule has 0 radical (unpaired) electrons. The summed E-state index contributed by atoms with van der Waals surface area (Å²) in [6.07, 6.45) is 2.03. The fourth-order valence-corrected chi connectivity index (χ4v) is 2.62. The zero-order valence-corrected chi connectivity index (χ0v) is 10.3. The molecule has 0 spiro atoms. The SMILES string of the molecule is COc1ccccc1C(=O)[C@H]1CCC[C@H]1C(=O)O. The molecule has 1 N–H and O–H groups in total. The number of carbonyl (C=O) groups excluding carboxylic acids is 1. The molecule has 0 amide bonds. The Hall–Kier alpha value is -1.84. The Kier molecular flexibility index (Phi) is 3.65. The molecule has 18 heavy (non-hydrogen) atoms. The number of carboxylic acid groups (broad SMARTS) is 1. The van der Waals surface area contributed by atoms with Gasteiger partial charge in [-0.1, -0.05) is 18.6 Å². The van der Waals surface area contributed by atoms with Crippen LogP contribution in [0.1, 0.15) is 29.6 Å². The van der Waals surface area contributed by atoms with E-state index in [0.717, 1.165) is 6.42 Å². The smallest absolute Gasteiger partial charge is 0.307 e. The zero-order valence-electron chi connectivity index (χ0n) is 10.3. The fourth-order valence-electron chi connectivity index (χ4n) is 2.62. The van der Waals surface area contributed by atoms with Crippen LogP contribution in [0.2, 0.25) is 0 Å². The van der Waals surface area contributed by atoms with E-state index in [1.807, 2.05) is 0 Å². The maximum Gasteiger partial charge on any atom is 0.307 e. The number of aliphatic carboxylic acids is 1. The summed E-state index contributed by atoms with van der Waals surface area (Å²) in [5, 5.41) is 9.12. The minimum atomic E-state index is -0.874. The van der Waals surface area contributed by atoms with Crippen LogP contribution in [-0.2, 0) is 4.79 Å². The fraction of sp³-hybridized carbons (Fsp3) is 0.429. The van der Waals surface area contributed by atoms with Crippen molar-refractivity contribution in [1.29, 1.82) is 0 Å². The van der Waals surface area contributed by atoms with Crippen molar-refractivity contribution in [3.63, 3.8) is 0 Å². The summed E-state index contributed by atoms with van der Waals surface area (Å²) in [6.45, 7) is 0. The molecule has 2 atom stereocenters. The average Bonchev–Trinajstić information content (AvgIpc) is 2.87. The van der Waals surface area contributed by atoms with E-state index in [1.54, 1.807) is 24.3 Å². The molecule has 4 heteroatoms. The summed E-state index contributed by atoms with van der Waals surface area (Å²) < 4.78 is 5.15. The molecule has 1 aliphatic carbocycles. The molecule has 2 rings (SSSR count). The Morgan fingerprint density at radius 3 is 2.56 bits per heavy atom.